The maximum absolute atomic E-state index is 13.5. The van der Waals surface area contributed by atoms with Gasteiger partial charge in [0.25, 0.3) is 5.56 Å². The van der Waals surface area contributed by atoms with E-state index in [1.54, 1.807) is 18.3 Å². The Morgan fingerprint density at radius 2 is 1.87 bits per heavy atom. The van der Waals surface area contributed by atoms with Crippen molar-refractivity contribution in [3.8, 4) is 6.07 Å². The number of para-hydroxylation sites is 1. The molecule has 0 amide bonds. The fourth-order valence-electron chi connectivity index (χ4n) is 4.80. The van der Waals surface area contributed by atoms with Gasteiger partial charge < -0.3 is 15.0 Å². The lowest BCUT2D eigenvalue weighted by molar-refractivity contribution is 0.00706. The maximum Gasteiger partial charge on any atom is 0.340 e. The van der Waals surface area contributed by atoms with Crippen LogP contribution in [0, 0.1) is 23.7 Å². The van der Waals surface area contributed by atoms with E-state index in [1.807, 2.05) is 52.8 Å². The van der Waals surface area contributed by atoms with Crippen molar-refractivity contribution >= 4 is 23.1 Å². The van der Waals surface area contributed by atoms with E-state index in [4.69, 9.17) is 9.72 Å². The number of rotatable bonds is 5. The second-order valence-electron chi connectivity index (χ2n) is 12.0. The van der Waals surface area contributed by atoms with Crippen molar-refractivity contribution in [2.45, 2.75) is 73.0 Å². The molecular formula is C30H37N5O3. The zero-order valence-corrected chi connectivity index (χ0v) is 23.4. The molecule has 8 heteroatoms. The molecule has 2 aromatic heterocycles. The molecule has 3 heterocycles. The molecule has 38 heavy (non-hydrogen) atoms. The summed E-state index contributed by atoms with van der Waals surface area (Å²) in [6.07, 6.45) is 3.64. The highest BCUT2D eigenvalue weighted by Crippen LogP contribution is 2.33. The number of nitrogens with one attached hydrogen (secondary N) is 1. The van der Waals surface area contributed by atoms with Crippen LogP contribution in [0.2, 0.25) is 0 Å². The molecule has 0 aliphatic carbocycles. The second-order valence-corrected chi connectivity index (χ2v) is 12.0. The summed E-state index contributed by atoms with van der Waals surface area (Å²) in [4.78, 5) is 33.4. The molecular weight excluding hydrogens is 478 g/mol. The van der Waals surface area contributed by atoms with Crippen molar-refractivity contribution in [2.75, 3.05) is 23.3 Å². The van der Waals surface area contributed by atoms with Gasteiger partial charge in [-0.15, -0.1) is 0 Å². The topological polar surface area (TPSA) is 99.7 Å². The molecule has 0 bridgehead atoms. The number of hydrogen-bond donors (Lipinski definition) is 1. The van der Waals surface area contributed by atoms with Gasteiger partial charge in [0.15, 0.2) is 11.4 Å². The molecule has 0 spiro atoms. The molecule has 1 aromatic carbocycles. The normalized spacial score (nSPS) is 16.1. The van der Waals surface area contributed by atoms with Crippen LogP contribution in [0.4, 0.5) is 11.5 Å². The first-order valence-corrected chi connectivity index (χ1v) is 13.1. The van der Waals surface area contributed by atoms with Crippen molar-refractivity contribution in [3.63, 3.8) is 0 Å². The average molecular weight is 516 g/mol. The number of aryl methyl sites for hydroxylation is 1. The molecule has 3 aromatic rings. The lowest BCUT2D eigenvalue weighted by Crippen LogP contribution is -2.39. The molecule has 0 saturated carbocycles. The number of esters is 1. The van der Waals surface area contributed by atoms with Crippen molar-refractivity contribution in [3.05, 3.63) is 69.1 Å². The number of benzene rings is 1. The summed E-state index contributed by atoms with van der Waals surface area (Å²) < 4.78 is 7.08. The number of anilines is 2. The molecule has 200 valence electrons. The van der Waals surface area contributed by atoms with E-state index in [9.17, 15) is 14.9 Å². The van der Waals surface area contributed by atoms with Crippen LogP contribution in [-0.2, 0) is 4.74 Å². The summed E-state index contributed by atoms with van der Waals surface area (Å²) >= 11 is 0. The molecule has 0 radical (unpaired) electrons. The molecule has 4 rings (SSSR count). The van der Waals surface area contributed by atoms with Crippen LogP contribution in [-0.4, -0.2) is 34.0 Å². The van der Waals surface area contributed by atoms with Gasteiger partial charge in [-0.2, -0.15) is 5.26 Å². The van der Waals surface area contributed by atoms with Crippen LogP contribution in [0.3, 0.4) is 0 Å². The summed E-state index contributed by atoms with van der Waals surface area (Å²) in [5.41, 5.74) is 2.51. The Balaban J connectivity index is 1.78. The van der Waals surface area contributed by atoms with Crippen molar-refractivity contribution in [2.24, 2.45) is 5.41 Å². The Morgan fingerprint density at radius 1 is 1.21 bits per heavy atom. The summed E-state index contributed by atoms with van der Waals surface area (Å²) in [6.45, 7) is 15.3. The second kappa shape index (κ2) is 10.1. The Hall–Kier alpha value is -3.86. The van der Waals surface area contributed by atoms with Crippen molar-refractivity contribution in [1.82, 2.24) is 9.38 Å². The number of carbonyl (C=O) groups is 1. The molecule has 8 nitrogen and oxygen atoms in total. The molecule has 1 atom stereocenters. The van der Waals surface area contributed by atoms with Gasteiger partial charge in [0.1, 0.15) is 17.3 Å². The van der Waals surface area contributed by atoms with Crippen LogP contribution in [0.5, 0.6) is 0 Å². The first kappa shape index (κ1) is 27.2. The maximum atomic E-state index is 13.5. The minimum Gasteiger partial charge on any atom is -0.456 e. The number of nitrogens with zero attached hydrogens (tertiary/aromatic N) is 4. The smallest absolute Gasteiger partial charge is 0.340 e. The Kier molecular flexibility index (Phi) is 7.24. The molecule has 1 fully saturated rings. The predicted octanol–water partition coefficient (Wildman–Crippen LogP) is 5.63. The van der Waals surface area contributed by atoms with Crippen LogP contribution in [0.25, 0.3) is 5.65 Å². The lowest BCUT2D eigenvalue weighted by atomic mass is 9.82. The highest BCUT2D eigenvalue weighted by atomic mass is 16.6. The molecule has 1 N–H and O–H groups in total. The number of ether oxygens (including phenoxy) is 1. The zero-order valence-electron chi connectivity index (χ0n) is 23.4. The Bertz CT molecular complexity index is 1470. The first-order valence-electron chi connectivity index (χ1n) is 13.1. The van der Waals surface area contributed by atoms with Crippen LogP contribution in [0.1, 0.15) is 87.5 Å². The molecule has 1 aliphatic rings. The van der Waals surface area contributed by atoms with E-state index >= 15 is 0 Å². The fourth-order valence-corrected chi connectivity index (χ4v) is 4.80. The average Bonchev–Trinajstić information content (AvgIpc) is 2.83. The summed E-state index contributed by atoms with van der Waals surface area (Å²) in [5, 5.41) is 13.3. The van der Waals surface area contributed by atoms with Gasteiger partial charge in [-0.05, 0) is 76.6 Å². The SMILES string of the molecule is Cc1cc(C(C)Nc2ccccc2C(=O)OC(C)(C)C)c2nc(N3CCC(C)(C)CC3)c(C#N)c(=O)n2c1. The largest absolute Gasteiger partial charge is 0.456 e. The van der Waals surface area contributed by atoms with E-state index in [0.717, 1.165) is 37.1 Å². The fraction of sp³-hybridized carbons (Fsp3) is 0.467. The number of fused-ring (bicyclic) bond motifs is 1. The van der Waals surface area contributed by atoms with Gasteiger partial charge in [0.2, 0.25) is 0 Å². The van der Waals surface area contributed by atoms with E-state index in [-0.39, 0.29) is 22.6 Å². The Morgan fingerprint density at radius 3 is 2.50 bits per heavy atom. The predicted molar refractivity (Wildman–Crippen MR) is 150 cm³/mol. The Labute approximate surface area is 224 Å². The quantitative estimate of drug-likeness (QED) is 0.440. The van der Waals surface area contributed by atoms with Crippen LogP contribution >= 0.6 is 0 Å². The van der Waals surface area contributed by atoms with E-state index in [2.05, 4.69) is 30.1 Å². The van der Waals surface area contributed by atoms with Gasteiger partial charge in [0.05, 0.1) is 11.6 Å². The third-order valence-electron chi connectivity index (χ3n) is 6.98. The summed E-state index contributed by atoms with van der Waals surface area (Å²) in [7, 11) is 0. The number of piperidine rings is 1. The van der Waals surface area contributed by atoms with Crippen LogP contribution in [0.15, 0.2) is 41.3 Å². The molecule has 1 saturated heterocycles. The summed E-state index contributed by atoms with van der Waals surface area (Å²) in [5.74, 6) is 0.0321. The zero-order chi connectivity index (χ0) is 27.8. The molecule has 1 unspecified atom stereocenters. The van der Waals surface area contributed by atoms with Gasteiger partial charge in [-0.3, -0.25) is 9.20 Å². The van der Waals surface area contributed by atoms with Gasteiger partial charge in [0, 0.05) is 30.5 Å². The van der Waals surface area contributed by atoms with E-state index in [0.29, 0.717) is 22.7 Å². The third kappa shape index (κ3) is 5.67. The third-order valence-corrected chi connectivity index (χ3v) is 6.98. The van der Waals surface area contributed by atoms with E-state index in [1.165, 1.54) is 4.40 Å². The first-order chi connectivity index (χ1) is 17.8. The van der Waals surface area contributed by atoms with Crippen molar-refractivity contribution in [1.29, 1.82) is 5.26 Å². The van der Waals surface area contributed by atoms with Gasteiger partial charge >= 0.3 is 5.97 Å². The number of aromatic nitrogens is 2. The summed E-state index contributed by atoms with van der Waals surface area (Å²) in [6, 6.07) is 11.0. The number of nitriles is 1. The lowest BCUT2D eigenvalue weighted by Gasteiger charge is -2.37. The monoisotopic (exact) mass is 515 g/mol. The standard InChI is InChI=1S/C30H37N5O3/c1-19-16-22(20(2)32-24-11-9-8-10-21(24)28(37)38-29(3,4)5)26-33-25(23(17-31)27(36)35(26)18-19)34-14-12-30(6,7)13-15-34/h8-11,16,18,20,32H,12-15H2,1-7H3. The van der Waals surface area contributed by atoms with Crippen LogP contribution < -0.4 is 15.8 Å². The number of hydrogen-bond acceptors (Lipinski definition) is 7. The molecule has 1 aliphatic heterocycles. The number of pyridine rings is 1. The van der Waals surface area contributed by atoms with Crippen molar-refractivity contribution < 1.29 is 9.53 Å². The van der Waals surface area contributed by atoms with E-state index < -0.39 is 11.6 Å². The highest BCUT2D eigenvalue weighted by Gasteiger charge is 2.29. The van der Waals surface area contributed by atoms with Gasteiger partial charge in [-0.25, -0.2) is 9.78 Å². The minimum absolute atomic E-state index is 0.0645. The highest BCUT2D eigenvalue weighted by molar-refractivity contribution is 5.96. The minimum atomic E-state index is -0.619. The number of carbonyl (C=O) groups excluding carboxylic acids is 1. The van der Waals surface area contributed by atoms with Gasteiger partial charge in [-0.1, -0.05) is 26.0 Å².